The number of non-ortho nitro benzene ring substituents is 1. The van der Waals surface area contributed by atoms with Gasteiger partial charge in [-0.3, -0.25) is 14.9 Å². The van der Waals surface area contributed by atoms with Crippen molar-refractivity contribution in [3.8, 4) is 0 Å². The Bertz CT molecular complexity index is 498. The summed E-state index contributed by atoms with van der Waals surface area (Å²) >= 11 is 0. The molecule has 2 rings (SSSR count). The number of rotatable bonds is 6. The van der Waals surface area contributed by atoms with Crippen LogP contribution in [0.3, 0.4) is 0 Å². The van der Waals surface area contributed by atoms with E-state index in [1.807, 2.05) is 0 Å². The van der Waals surface area contributed by atoms with Crippen LogP contribution in [0.4, 0.5) is 11.4 Å². The third-order valence-electron chi connectivity index (χ3n) is 3.03. The average molecular weight is 263 g/mol. The predicted octanol–water partition coefficient (Wildman–Crippen LogP) is 1.98. The molecule has 1 aliphatic rings. The highest BCUT2D eigenvalue weighted by Crippen LogP contribution is 2.21. The maximum absolute atomic E-state index is 11.5. The van der Waals surface area contributed by atoms with Crippen molar-refractivity contribution in [3.63, 3.8) is 0 Å². The van der Waals surface area contributed by atoms with Gasteiger partial charge in [0, 0.05) is 36.8 Å². The molecule has 6 nitrogen and oxygen atoms in total. The molecule has 0 heterocycles. The number of anilines is 1. The molecule has 0 aliphatic heterocycles. The molecule has 1 aliphatic carbocycles. The molecule has 1 aromatic rings. The highest BCUT2D eigenvalue weighted by molar-refractivity contribution is 5.77. The van der Waals surface area contributed by atoms with Crippen molar-refractivity contribution in [2.24, 2.45) is 0 Å². The summed E-state index contributed by atoms with van der Waals surface area (Å²) in [5.41, 5.74) is 1.70. The van der Waals surface area contributed by atoms with Crippen LogP contribution < -0.4 is 10.6 Å². The molecule has 2 N–H and O–H groups in total. The van der Waals surface area contributed by atoms with E-state index in [9.17, 15) is 14.9 Å². The lowest BCUT2D eigenvalue weighted by Gasteiger charge is -2.09. The Balaban J connectivity index is 1.81. The first-order valence-corrected chi connectivity index (χ1v) is 6.34. The minimum atomic E-state index is -0.417. The van der Waals surface area contributed by atoms with E-state index < -0.39 is 4.92 Å². The summed E-state index contributed by atoms with van der Waals surface area (Å²) in [7, 11) is 0. The van der Waals surface area contributed by atoms with E-state index in [2.05, 4.69) is 10.6 Å². The molecule has 0 atom stereocenters. The van der Waals surface area contributed by atoms with E-state index in [0.29, 0.717) is 19.0 Å². The monoisotopic (exact) mass is 263 g/mol. The second kappa shape index (κ2) is 5.69. The molecule has 0 aromatic heterocycles. The zero-order valence-corrected chi connectivity index (χ0v) is 10.8. The van der Waals surface area contributed by atoms with Gasteiger partial charge < -0.3 is 10.6 Å². The molecule has 0 spiro atoms. The number of nitrogens with one attached hydrogen (secondary N) is 2. The molecule has 0 unspecified atom stereocenters. The maximum atomic E-state index is 11.5. The first-order chi connectivity index (χ1) is 9.06. The van der Waals surface area contributed by atoms with Gasteiger partial charge in [-0.25, -0.2) is 0 Å². The van der Waals surface area contributed by atoms with Gasteiger partial charge in [-0.05, 0) is 31.4 Å². The molecule has 6 heteroatoms. The van der Waals surface area contributed by atoms with Crippen molar-refractivity contribution in [1.29, 1.82) is 0 Å². The number of nitro benzene ring substituents is 1. The van der Waals surface area contributed by atoms with Gasteiger partial charge in [0.15, 0.2) is 0 Å². The van der Waals surface area contributed by atoms with E-state index in [-0.39, 0.29) is 11.6 Å². The van der Waals surface area contributed by atoms with Crippen molar-refractivity contribution in [3.05, 3.63) is 33.9 Å². The zero-order valence-electron chi connectivity index (χ0n) is 10.8. The number of carbonyl (C=O) groups excluding carboxylic acids is 1. The SMILES string of the molecule is Cc1cc([N+](=O)[O-])ccc1NCCC(=O)NC1CC1. The van der Waals surface area contributed by atoms with Crippen LogP contribution in [-0.2, 0) is 4.79 Å². The third-order valence-corrected chi connectivity index (χ3v) is 3.03. The number of nitrogens with zero attached hydrogens (tertiary/aromatic N) is 1. The van der Waals surface area contributed by atoms with E-state index in [4.69, 9.17) is 0 Å². The van der Waals surface area contributed by atoms with Gasteiger partial charge in [0.1, 0.15) is 0 Å². The van der Waals surface area contributed by atoms with Crippen LogP contribution in [0.25, 0.3) is 0 Å². The standard InChI is InChI=1S/C13H17N3O3/c1-9-8-11(16(18)19)4-5-12(9)14-7-6-13(17)15-10-2-3-10/h4-5,8,10,14H,2-3,6-7H2,1H3,(H,15,17). The van der Waals surface area contributed by atoms with Crippen molar-refractivity contribution in [2.45, 2.75) is 32.2 Å². The van der Waals surface area contributed by atoms with Crippen LogP contribution >= 0.6 is 0 Å². The number of hydrogen-bond donors (Lipinski definition) is 2. The smallest absolute Gasteiger partial charge is 0.269 e. The zero-order chi connectivity index (χ0) is 13.8. The second-order valence-electron chi connectivity index (χ2n) is 4.77. The Morgan fingerprint density at radius 3 is 2.79 bits per heavy atom. The highest BCUT2D eigenvalue weighted by atomic mass is 16.6. The molecule has 1 aromatic carbocycles. The Hall–Kier alpha value is -2.11. The van der Waals surface area contributed by atoms with Gasteiger partial charge in [0.2, 0.25) is 5.91 Å². The van der Waals surface area contributed by atoms with Crippen LogP contribution in [-0.4, -0.2) is 23.4 Å². The van der Waals surface area contributed by atoms with Crippen molar-refractivity contribution in [1.82, 2.24) is 5.32 Å². The van der Waals surface area contributed by atoms with Crippen molar-refractivity contribution in [2.75, 3.05) is 11.9 Å². The molecule has 0 radical (unpaired) electrons. The van der Waals surface area contributed by atoms with Crippen molar-refractivity contribution >= 4 is 17.3 Å². The van der Waals surface area contributed by atoms with Gasteiger partial charge >= 0.3 is 0 Å². The molecule has 19 heavy (non-hydrogen) atoms. The average Bonchev–Trinajstić information content (AvgIpc) is 3.14. The van der Waals surface area contributed by atoms with E-state index in [0.717, 1.165) is 24.1 Å². The quantitative estimate of drug-likeness (QED) is 0.607. The lowest BCUT2D eigenvalue weighted by atomic mass is 10.2. The molecular weight excluding hydrogens is 246 g/mol. The Labute approximate surface area is 111 Å². The summed E-state index contributed by atoms with van der Waals surface area (Å²) < 4.78 is 0. The minimum absolute atomic E-state index is 0.0505. The largest absolute Gasteiger partial charge is 0.384 e. The molecule has 0 saturated heterocycles. The summed E-state index contributed by atoms with van der Waals surface area (Å²) in [6, 6.07) is 5.03. The van der Waals surface area contributed by atoms with Gasteiger partial charge in [-0.2, -0.15) is 0 Å². The highest BCUT2D eigenvalue weighted by Gasteiger charge is 2.22. The summed E-state index contributed by atoms with van der Waals surface area (Å²) in [6.07, 6.45) is 2.58. The Kier molecular flexibility index (Phi) is 3.99. The Morgan fingerprint density at radius 2 is 2.21 bits per heavy atom. The van der Waals surface area contributed by atoms with Crippen LogP contribution in [0.15, 0.2) is 18.2 Å². The second-order valence-corrected chi connectivity index (χ2v) is 4.77. The summed E-state index contributed by atoms with van der Waals surface area (Å²) in [5, 5.41) is 16.6. The number of amides is 1. The number of aryl methyl sites for hydroxylation is 1. The number of carbonyl (C=O) groups is 1. The summed E-state index contributed by atoms with van der Waals surface area (Å²) in [6.45, 7) is 2.33. The van der Waals surface area contributed by atoms with Crippen molar-refractivity contribution < 1.29 is 9.72 Å². The van der Waals surface area contributed by atoms with Gasteiger partial charge in [0.05, 0.1) is 4.92 Å². The lowest BCUT2D eigenvalue weighted by Crippen LogP contribution is -2.27. The van der Waals surface area contributed by atoms with Gasteiger partial charge in [0.25, 0.3) is 5.69 Å². The van der Waals surface area contributed by atoms with E-state index in [1.165, 1.54) is 12.1 Å². The molecular formula is C13H17N3O3. The predicted molar refractivity (Wildman–Crippen MR) is 72.1 cm³/mol. The third kappa shape index (κ3) is 3.94. The van der Waals surface area contributed by atoms with Crippen LogP contribution in [0, 0.1) is 17.0 Å². The number of hydrogen-bond acceptors (Lipinski definition) is 4. The van der Waals surface area contributed by atoms with Crippen LogP contribution in [0.2, 0.25) is 0 Å². The fourth-order valence-electron chi connectivity index (χ4n) is 1.80. The van der Waals surface area contributed by atoms with E-state index >= 15 is 0 Å². The topological polar surface area (TPSA) is 84.3 Å². The fraction of sp³-hybridized carbons (Fsp3) is 0.462. The van der Waals surface area contributed by atoms with E-state index in [1.54, 1.807) is 13.0 Å². The van der Waals surface area contributed by atoms with Gasteiger partial charge in [-0.15, -0.1) is 0 Å². The van der Waals surface area contributed by atoms with Gasteiger partial charge in [-0.1, -0.05) is 0 Å². The molecule has 1 fully saturated rings. The normalized spacial score (nSPS) is 13.9. The maximum Gasteiger partial charge on any atom is 0.269 e. The Morgan fingerprint density at radius 1 is 1.47 bits per heavy atom. The summed E-state index contributed by atoms with van der Waals surface area (Å²) in [4.78, 5) is 21.7. The molecule has 102 valence electrons. The van der Waals surface area contributed by atoms with Crippen LogP contribution in [0.1, 0.15) is 24.8 Å². The fourth-order valence-corrected chi connectivity index (χ4v) is 1.80. The number of nitro groups is 1. The lowest BCUT2D eigenvalue weighted by molar-refractivity contribution is -0.384. The summed E-state index contributed by atoms with van der Waals surface area (Å²) in [5.74, 6) is 0.0505. The molecule has 0 bridgehead atoms. The molecule has 1 saturated carbocycles. The van der Waals surface area contributed by atoms with Crippen LogP contribution in [0.5, 0.6) is 0 Å². The number of benzene rings is 1. The molecule has 1 amide bonds. The first kappa shape index (κ1) is 13.3. The minimum Gasteiger partial charge on any atom is -0.384 e. The first-order valence-electron chi connectivity index (χ1n) is 6.34.